The SMILES string of the molecule is C[C@H](C(=O)c1ccc(Cl)cc1)[C@]1(O)C(=O)Nc2c(Cl)cc(Cl)cc21. The smallest absolute Gasteiger partial charge is 0.261 e. The summed E-state index contributed by atoms with van der Waals surface area (Å²) in [6.07, 6.45) is 0. The summed E-state index contributed by atoms with van der Waals surface area (Å²) < 4.78 is 0. The quantitative estimate of drug-likeness (QED) is 0.775. The van der Waals surface area contributed by atoms with Gasteiger partial charge in [-0.1, -0.05) is 41.7 Å². The van der Waals surface area contributed by atoms with E-state index in [0.29, 0.717) is 10.6 Å². The fraction of sp³-hybridized carbons (Fsp3) is 0.176. The minimum absolute atomic E-state index is 0.194. The average Bonchev–Trinajstić information content (AvgIpc) is 2.80. The first-order chi connectivity index (χ1) is 11.2. The van der Waals surface area contributed by atoms with Gasteiger partial charge in [0.1, 0.15) is 0 Å². The maximum atomic E-state index is 12.7. The van der Waals surface area contributed by atoms with E-state index < -0.39 is 23.2 Å². The molecule has 1 aliphatic rings. The van der Waals surface area contributed by atoms with Gasteiger partial charge in [0.15, 0.2) is 11.4 Å². The summed E-state index contributed by atoms with van der Waals surface area (Å²) >= 11 is 17.9. The molecular formula is C17H12Cl3NO3. The summed E-state index contributed by atoms with van der Waals surface area (Å²) in [6.45, 7) is 1.49. The molecule has 4 nitrogen and oxygen atoms in total. The number of benzene rings is 2. The van der Waals surface area contributed by atoms with Crippen molar-refractivity contribution in [3.05, 3.63) is 62.6 Å². The second-order valence-corrected chi connectivity index (χ2v) is 6.90. The molecule has 0 radical (unpaired) electrons. The highest BCUT2D eigenvalue weighted by Gasteiger charge is 2.52. The summed E-state index contributed by atoms with van der Waals surface area (Å²) in [4.78, 5) is 25.1. The van der Waals surface area contributed by atoms with Crippen LogP contribution in [0.25, 0.3) is 0 Å². The average molecular weight is 385 g/mol. The monoisotopic (exact) mass is 383 g/mol. The molecule has 3 rings (SSSR count). The lowest BCUT2D eigenvalue weighted by atomic mass is 9.79. The van der Waals surface area contributed by atoms with Crippen LogP contribution in [0.4, 0.5) is 5.69 Å². The van der Waals surface area contributed by atoms with E-state index >= 15 is 0 Å². The predicted octanol–water partition coefficient (Wildman–Crippen LogP) is 4.31. The molecule has 0 saturated carbocycles. The number of amides is 1. The number of rotatable bonds is 3. The Morgan fingerprint density at radius 3 is 2.38 bits per heavy atom. The summed E-state index contributed by atoms with van der Waals surface area (Å²) in [5.74, 6) is -2.15. The molecule has 0 spiro atoms. The number of hydrogen-bond acceptors (Lipinski definition) is 3. The zero-order valence-electron chi connectivity index (χ0n) is 12.4. The third kappa shape index (κ3) is 2.60. The lowest BCUT2D eigenvalue weighted by Crippen LogP contribution is -2.44. The third-order valence-electron chi connectivity index (χ3n) is 4.20. The van der Waals surface area contributed by atoms with Gasteiger partial charge in [-0.3, -0.25) is 9.59 Å². The van der Waals surface area contributed by atoms with Crippen LogP contribution in [0, 0.1) is 5.92 Å². The van der Waals surface area contributed by atoms with Gasteiger partial charge in [0.25, 0.3) is 5.91 Å². The number of nitrogens with one attached hydrogen (secondary N) is 1. The highest BCUT2D eigenvalue weighted by Crippen LogP contribution is 2.46. The van der Waals surface area contributed by atoms with Crippen LogP contribution in [0.1, 0.15) is 22.8 Å². The van der Waals surface area contributed by atoms with Crippen molar-refractivity contribution in [3.8, 4) is 0 Å². The number of fused-ring (bicyclic) bond motifs is 1. The van der Waals surface area contributed by atoms with Gasteiger partial charge in [-0.05, 0) is 36.4 Å². The molecule has 0 aromatic heterocycles. The Hall–Kier alpha value is -1.59. The molecular weight excluding hydrogens is 373 g/mol. The lowest BCUT2D eigenvalue weighted by molar-refractivity contribution is -0.137. The van der Waals surface area contributed by atoms with E-state index in [9.17, 15) is 14.7 Å². The van der Waals surface area contributed by atoms with Crippen LogP contribution in [-0.2, 0) is 10.4 Å². The van der Waals surface area contributed by atoms with Crippen molar-refractivity contribution in [2.75, 3.05) is 5.32 Å². The number of hydrogen-bond donors (Lipinski definition) is 2. The maximum Gasteiger partial charge on any atom is 0.261 e. The van der Waals surface area contributed by atoms with Crippen LogP contribution >= 0.6 is 34.8 Å². The number of ketones is 1. The standard InChI is InChI=1S/C17H12Cl3NO3/c1-8(15(22)9-2-4-10(18)5-3-9)17(24)12-6-11(19)7-13(20)14(12)21-16(17)23/h2-8,24H,1H3,(H,21,23)/t8-,17-/m1/s1. The summed E-state index contributed by atoms with van der Waals surface area (Å²) in [6, 6.07) is 9.13. The molecule has 1 heterocycles. The molecule has 0 saturated heterocycles. The van der Waals surface area contributed by atoms with E-state index in [0.717, 1.165) is 0 Å². The van der Waals surface area contributed by atoms with E-state index in [1.165, 1.54) is 19.1 Å². The van der Waals surface area contributed by atoms with Crippen LogP contribution in [0.15, 0.2) is 36.4 Å². The molecule has 0 bridgehead atoms. The number of anilines is 1. The molecule has 2 N–H and O–H groups in total. The molecule has 1 aliphatic heterocycles. The number of aliphatic hydroxyl groups is 1. The topological polar surface area (TPSA) is 66.4 Å². The van der Waals surface area contributed by atoms with Crippen LogP contribution in [0.3, 0.4) is 0 Å². The van der Waals surface area contributed by atoms with Gasteiger partial charge in [0, 0.05) is 21.2 Å². The molecule has 2 aromatic rings. The van der Waals surface area contributed by atoms with Gasteiger partial charge in [0.05, 0.1) is 16.6 Å². The molecule has 2 aromatic carbocycles. The first-order valence-corrected chi connectivity index (χ1v) is 8.21. The predicted molar refractivity (Wildman–Crippen MR) is 93.9 cm³/mol. The van der Waals surface area contributed by atoms with Crippen LogP contribution in [-0.4, -0.2) is 16.8 Å². The normalized spacial score (nSPS) is 20.5. The first kappa shape index (κ1) is 17.2. The molecule has 0 unspecified atom stereocenters. The Morgan fingerprint density at radius 1 is 1.12 bits per heavy atom. The van der Waals surface area contributed by atoms with Gasteiger partial charge in [-0.2, -0.15) is 0 Å². The van der Waals surface area contributed by atoms with E-state index in [4.69, 9.17) is 34.8 Å². The van der Waals surface area contributed by atoms with E-state index in [2.05, 4.69) is 5.32 Å². The molecule has 1 amide bonds. The van der Waals surface area contributed by atoms with Crippen molar-refractivity contribution in [2.24, 2.45) is 5.92 Å². The zero-order chi connectivity index (χ0) is 17.6. The van der Waals surface area contributed by atoms with Crippen LogP contribution in [0.5, 0.6) is 0 Å². The van der Waals surface area contributed by atoms with Gasteiger partial charge in [0.2, 0.25) is 0 Å². The third-order valence-corrected chi connectivity index (χ3v) is 4.97. The minimum Gasteiger partial charge on any atom is -0.375 e. The van der Waals surface area contributed by atoms with Crippen molar-refractivity contribution >= 4 is 52.2 Å². The van der Waals surface area contributed by atoms with Crippen molar-refractivity contribution < 1.29 is 14.7 Å². The second kappa shape index (κ2) is 6.05. The Morgan fingerprint density at radius 2 is 1.75 bits per heavy atom. The van der Waals surface area contributed by atoms with E-state index in [1.54, 1.807) is 24.3 Å². The van der Waals surface area contributed by atoms with Gasteiger partial charge < -0.3 is 10.4 Å². The highest BCUT2D eigenvalue weighted by molar-refractivity contribution is 6.38. The Kier molecular flexibility index (Phi) is 4.34. The van der Waals surface area contributed by atoms with Gasteiger partial charge in [-0.15, -0.1) is 0 Å². The van der Waals surface area contributed by atoms with Crippen LogP contribution < -0.4 is 5.32 Å². The minimum atomic E-state index is -2.05. The summed E-state index contributed by atoms with van der Waals surface area (Å²) in [5, 5.41) is 14.5. The zero-order valence-corrected chi connectivity index (χ0v) is 14.7. The molecule has 2 atom stereocenters. The molecule has 0 aliphatic carbocycles. The number of Topliss-reactive ketones (excluding diaryl/α,β-unsaturated/α-hetero) is 1. The number of carbonyl (C=O) groups is 2. The molecule has 7 heteroatoms. The molecule has 124 valence electrons. The highest BCUT2D eigenvalue weighted by atomic mass is 35.5. The number of halogens is 3. The lowest BCUT2D eigenvalue weighted by Gasteiger charge is -2.27. The Bertz CT molecular complexity index is 851. The maximum absolute atomic E-state index is 12.7. The molecule has 0 fully saturated rings. The summed E-state index contributed by atoms with van der Waals surface area (Å²) in [7, 11) is 0. The van der Waals surface area contributed by atoms with Gasteiger partial charge >= 0.3 is 0 Å². The largest absolute Gasteiger partial charge is 0.375 e. The van der Waals surface area contributed by atoms with E-state index in [-0.39, 0.29) is 21.3 Å². The number of carbonyl (C=O) groups excluding carboxylic acids is 2. The second-order valence-electron chi connectivity index (χ2n) is 5.62. The van der Waals surface area contributed by atoms with E-state index in [1.807, 2.05) is 0 Å². The fourth-order valence-electron chi connectivity index (χ4n) is 2.82. The van der Waals surface area contributed by atoms with Crippen LogP contribution in [0.2, 0.25) is 15.1 Å². The van der Waals surface area contributed by atoms with Crippen molar-refractivity contribution in [3.63, 3.8) is 0 Å². The first-order valence-electron chi connectivity index (χ1n) is 7.08. The van der Waals surface area contributed by atoms with Gasteiger partial charge in [-0.25, -0.2) is 0 Å². The fourth-order valence-corrected chi connectivity index (χ4v) is 3.48. The van der Waals surface area contributed by atoms with Crippen molar-refractivity contribution in [1.29, 1.82) is 0 Å². The summed E-state index contributed by atoms with van der Waals surface area (Å²) in [5.41, 5.74) is -1.25. The van der Waals surface area contributed by atoms with Crippen molar-refractivity contribution in [1.82, 2.24) is 0 Å². The van der Waals surface area contributed by atoms with Crippen molar-refractivity contribution in [2.45, 2.75) is 12.5 Å². The molecule has 24 heavy (non-hydrogen) atoms. The Labute approximate surface area is 153 Å². The Balaban J connectivity index is 2.06.